The van der Waals surface area contributed by atoms with Crippen molar-refractivity contribution >= 4 is 5.91 Å². The maximum atomic E-state index is 12.9. The molecule has 1 aromatic heterocycles. The molecule has 1 N–H and O–H groups in total. The summed E-state index contributed by atoms with van der Waals surface area (Å²) in [4.78, 5) is 18.3. The second-order valence-electron chi connectivity index (χ2n) is 9.39. The molecule has 29 heavy (non-hydrogen) atoms. The lowest BCUT2D eigenvalue weighted by atomic mass is 9.66. The molecule has 1 amide bonds. The van der Waals surface area contributed by atoms with E-state index in [1.54, 1.807) is 6.92 Å². The minimum Gasteiger partial charge on any atom is -0.474 e. The number of halogens is 3. The number of carbonyl (C=O) groups excluding carboxylic acids is 1. The average molecular weight is 412 g/mol. The van der Waals surface area contributed by atoms with E-state index in [4.69, 9.17) is 4.74 Å². The Kier molecular flexibility index (Phi) is 4.83. The molecule has 0 bridgehead atoms. The zero-order valence-electron chi connectivity index (χ0n) is 16.8. The number of carbonyl (C=O) groups is 1. The molecule has 1 saturated heterocycles. The van der Waals surface area contributed by atoms with Gasteiger partial charge >= 0.3 is 6.18 Å². The summed E-state index contributed by atoms with van der Waals surface area (Å²) in [6.45, 7) is 4.62. The molecule has 5 nitrogen and oxygen atoms in total. The summed E-state index contributed by atoms with van der Waals surface area (Å²) in [6.07, 6.45) is 0.109. The first-order chi connectivity index (χ1) is 13.5. The van der Waals surface area contributed by atoms with Crippen LogP contribution in [0.15, 0.2) is 12.1 Å². The molecule has 1 aromatic rings. The van der Waals surface area contributed by atoms with Gasteiger partial charge in [0.2, 0.25) is 11.8 Å². The lowest BCUT2D eigenvalue weighted by Gasteiger charge is -2.55. The average Bonchev–Trinajstić information content (AvgIpc) is 2.57. The number of nitrogens with zero attached hydrogens (tertiary/aromatic N) is 2. The molecule has 2 saturated carbocycles. The third-order valence-electron chi connectivity index (χ3n) is 6.73. The normalized spacial score (nSPS) is 29.3. The van der Waals surface area contributed by atoms with E-state index in [2.05, 4.69) is 4.98 Å². The van der Waals surface area contributed by atoms with E-state index in [0.717, 1.165) is 44.8 Å². The van der Waals surface area contributed by atoms with Crippen molar-refractivity contribution in [2.24, 2.45) is 11.3 Å². The molecule has 3 fully saturated rings. The Balaban J connectivity index is 1.26. The fourth-order valence-corrected chi connectivity index (χ4v) is 5.07. The third kappa shape index (κ3) is 4.09. The van der Waals surface area contributed by atoms with E-state index in [9.17, 15) is 23.1 Å². The molecule has 160 valence electrons. The Hall–Kier alpha value is -1.83. The monoisotopic (exact) mass is 412 g/mol. The lowest BCUT2D eigenvalue weighted by Crippen LogP contribution is -2.63. The standard InChI is InChI=1S/C21H27F3N2O3/c1-13-16(21(22,23)24)3-4-17(25-13)29-15-5-7-20(8-6-15)11-26(12-20)18(27)14-9-19(2,28)10-14/h3-4,14-15,28H,5-12H2,1-2H3. The molecule has 8 heteroatoms. The molecule has 0 unspecified atom stereocenters. The molecular formula is C21H27F3N2O3. The van der Waals surface area contributed by atoms with E-state index >= 15 is 0 Å². The van der Waals surface area contributed by atoms with Crippen LogP contribution in [0.2, 0.25) is 0 Å². The second-order valence-corrected chi connectivity index (χ2v) is 9.39. The molecule has 4 rings (SSSR count). The van der Waals surface area contributed by atoms with Gasteiger partial charge in [-0.2, -0.15) is 13.2 Å². The highest BCUT2D eigenvalue weighted by molar-refractivity contribution is 5.81. The maximum Gasteiger partial charge on any atom is 0.418 e. The highest BCUT2D eigenvalue weighted by atomic mass is 19.4. The van der Waals surface area contributed by atoms with Gasteiger partial charge in [0.25, 0.3) is 0 Å². The van der Waals surface area contributed by atoms with Crippen LogP contribution in [0.1, 0.15) is 56.7 Å². The zero-order chi connectivity index (χ0) is 21.0. The van der Waals surface area contributed by atoms with Gasteiger partial charge in [0.15, 0.2) is 0 Å². The first-order valence-electron chi connectivity index (χ1n) is 10.2. The van der Waals surface area contributed by atoms with Crippen molar-refractivity contribution in [2.75, 3.05) is 13.1 Å². The molecule has 3 aliphatic rings. The minimum atomic E-state index is -4.41. The number of aliphatic hydroxyl groups is 1. The fraction of sp³-hybridized carbons (Fsp3) is 0.714. The summed E-state index contributed by atoms with van der Waals surface area (Å²) in [5.41, 5.74) is -1.36. The van der Waals surface area contributed by atoms with Gasteiger partial charge in [0.1, 0.15) is 6.10 Å². The summed E-state index contributed by atoms with van der Waals surface area (Å²) in [5, 5.41) is 9.82. The summed E-state index contributed by atoms with van der Waals surface area (Å²) in [6, 6.07) is 2.31. The number of ether oxygens (including phenoxy) is 1. The molecular weight excluding hydrogens is 385 g/mol. The van der Waals surface area contributed by atoms with Crippen LogP contribution in [0, 0.1) is 18.3 Å². The first-order valence-corrected chi connectivity index (χ1v) is 10.2. The highest BCUT2D eigenvalue weighted by Crippen LogP contribution is 2.47. The zero-order valence-corrected chi connectivity index (χ0v) is 16.8. The number of hydrogen-bond donors (Lipinski definition) is 1. The molecule has 1 aliphatic heterocycles. The van der Waals surface area contributed by atoms with Crippen molar-refractivity contribution in [3.8, 4) is 5.88 Å². The van der Waals surface area contributed by atoms with E-state index in [0.29, 0.717) is 12.8 Å². The van der Waals surface area contributed by atoms with Crippen LogP contribution in [-0.4, -0.2) is 45.7 Å². The van der Waals surface area contributed by atoms with Crippen LogP contribution < -0.4 is 4.74 Å². The van der Waals surface area contributed by atoms with E-state index in [1.807, 2.05) is 4.90 Å². The Morgan fingerprint density at radius 2 is 1.86 bits per heavy atom. The summed E-state index contributed by atoms with van der Waals surface area (Å²) in [7, 11) is 0. The van der Waals surface area contributed by atoms with E-state index in [-0.39, 0.29) is 34.9 Å². The number of pyridine rings is 1. The summed E-state index contributed by atoms with van der Waals surface area (Å²) < 4.78 is 44.4. The van der Waals surface area contributed by atoms with Gasteiger partial charge < -0.3 is 14.7 Å². The van der Waals surface area contributed by atoms with Gasteiger partial charge in [-0.05, 0) is 58.4 Å². The van der Waals surface area contributed by atoms with Gasteiger partial charge in [-0.15, -0.1) is 0 Å². The van der Waals surface area contributed by atoms with E-state index < -0.39 is 17.3 Å². The highest BCUT2D eigenvalue weighted by Gasteiger charge is 2.51. The van der Waals surface area contributed by atoms with Crippen LogP contribution >= 0.6 is 0 Å². The molecule has 1 spiro atoms. The fourth-order valence-electron chi connectivity index (χ4n) is 5.07. The Bertz CT molecular complexity index is 785. The van der Waals surface area contributed by atoms with Gasteiger partial charge in [0, 0.05) is 30.5 Å². The van der Waals surface area contributed by atoms with Crippen LogP contribution in [0.4, 0.5) is 13.2 Å². The number of rotatable bonds is 3. The van der Waals surface area contributed by atoms with Crippen molar-refractivity contribution < 1.29 is 27.8 Å². The van der Waals surface area contributed by atoms with E-state index in [1.165, 1.54) is 13.0 Å². The number of hydrogen-bond acceptors (Lipinski definition) is 4. The van der Waals surface area contributed by atoms with Crippen LogP contribution in [-0.2, 0) is 11.0 Å². The third-order valence-corrected chi connectivity index (χ3v) is 6.73. The van der Waals surface area contributed by atoms with Crippen LogP contribution in [0.5, 0.6) is 5.88 Å². The molecule has 0 radical (unpaired) electrons. The quantitative estimate of drug-likeness (QED) is 0.822. The van der Waals surface area contributed by atoms with Crippen molar-refractivity contribution in [1.82, 2.24) is 9.88 Å². The largest absolute Gasteiger partial charge is 0.474 e. The number of likely N-dealkylation sites (tertiary alicyclic amines) is 1. The predicted molar refractivity (Wildman–Crippen MR) is 99.2 cm³/mol. The van der Waals surface area contributed by atoms with Crippen molar-refractivity contribution in [3.05, 3.63) is 23.4 Å². The Morgan fingerprint density at radius 3 is 2.38 bits per heavy atom. The maximum absolute atomic E-state index is 12.9. The van der Waals surface area contributed by atoms with Gasteiger partial charge in [-0.25, -0.2) is 4.98 Å². The SMILES string of the molecule is Cc1nc(OC2CCC3(CC2)CN(C(=O)C2CC(C)(O)C2)C3)ccc1C(F)(F)F. The summed E-state index contributed by atoms with van der Waals surface area (Å²) >= 11 is 0. The Labute approximate surface area is 168 Å². The van der Waals surface area contributed by atoms with Crippen molar-refractivity contribution in [1.29, 1.82) is 0 Å². The number of aryl methyl sites for hydroxylation is 1. The van der Waals surface area contributed by atoms with Crippen molar-refractivity contribution in [3.63, 3.8) is 0 Å². The van der Waals surface area contributed by atoms with Crippen LogP contribution in [0.25, 0.3) is 0 Å². The Morgan fingerprint density at radius 1 is 1.24 bits per heavy atom. The molecule has 0 atom stereocenters. The lowest BCUT2D eigenvalue weighted by molar-refractivity contribution is -0.164. The smallest absolute Gasteiger partial charge is 0.418 e. The van der Waals surface area contributed by atoms with Gasteiger partial charge in [-0.3, -0.25) is 4.79 Å². The summed E-state index contributed by atoms with van der Waals surface area (Å²) in [5.74, 6) is 0.347. The topological polar surface area (TPSA) is 62.7 Å². The molecule has 0 aromatic carbocycles. The van der Waals surface area contributed by atoms with Crippen molar-refractivity contribution in [2.45, 2.75) is 70.3 Å². The predicted octanol–water partition coefficient (Wildman–Crippen LogP) is 3.72. The second kappa shape index (κ2) is 6.86. The first kappa shape index (κ1) is 20.4. The van der Waals surface area contributed by atoms with Gasteiger partial charge in [0.05, 0.1) is 16.9 Å². The van der Waals surface area contributed by atoms with Crippen LogP contribution in [0.3, 0.4) is 0 Å². The molecule has 2 aliphatic carbocycles. The number of alkyl halides is 3. The van der Waals surface area contributed by atoms with Gasteiger partial charge in [-0.1, -0.05) is 0 Å². The minimum absolute atomic E-state index is 0.0454. The number of amides is 1. The molecule has 2 heterocycles. The number of aromatic nitrogens is 1.